The van der Waals surface area contributed by atoms with Crippen molar-refractivity contribution >= 4 is 11.7 Å². The third-order valence-electron chi connectivity index (χ3n) is 11.0. The summed E-state index contributed by atoms with van der Waals surface area (Å²) in [6.45, 7) is 12.3. The molecule has 3 N–H and O–H groups in total. The molecule has 0 aromatic carbocycles. The summed E-state index contributed by atoms with van der Waals surface area (Å²) in [4.78, 5) is 29.5. The summed E-state index contributed by atoms with van der Waals surface area (Å²) < 4.78 is 17.9. The van der Waals surface area contributed by atoms with E-state index < -0.39 is 53.9 Å². The maximum absolute atomic E-state index is 13.9. The fourth-order valence-electron chi connectivity index (χ4n) is 7.93. The van der Waals surface area contributed by atoms with Gasteiger partial charge in [0.05, 0.1) is 24.4 Å². The number of ether oxygens (including phenoxy) is 3. The number of amides is 1. The normalized spacial score (nSPS) is 41.4. The highest BCUT2D eigenvalue weighted by Gasteiger charge is 2.56. The molecule has 254 valence electrons. The van der Waals surface area contributed by atoms with Crippen LogP contribution in [0.5, 0.6) is 0 Å². The van der Waals surface area contributed by atoms with Crippen LogP contribution in [-0.2, 0) is 23.8 Å². The number of carbonyl (C=O) groups excluding carboxylic acids is 2. The molecular weight excluding hydrogens is 562 g/mol. The van der Waals surface area contributed by atoms with Crippen molar-refractivity contribution in [2.45, 2.75) is 148 Å². The minimum atomic E-state index is -2.28. The van der Waals surface area contributed by atoms with Gasteiger partial charge in [0.15, 0.2) is 0 Å². The molecular formula is C35H61NO8. The largest absolute Gasteiger partial charge is 0.393 e. The van der Waals surface area contributed by atoms with Gasteiger partial charge in [-0.15, -0.1) is 0 Å². The van der Waals surface area contributed by atoms with E-state index in [1.807, 2.05) is 6.92 Å². The van der Waals surface area contributed by atoms with E-state index in [1.165, 1.54) is 5.57 Å². The Morgan fingerprint density at radius 3 is 2.32 bits per heavy atom. The van der Waals surface area contributed by atoms with Gasteiger partial charge < -0.3 is 34.4 Å². The van der Waals surface area contributed by atoms with E-state index in [-0.39, 0.29) is 29.7 Å². The molecule has 0 spiro atoms. The van der Waals surface area contributed by atoms with Gasteiger partial charge in [0.2, 0.25) is 5.79 Å². The maximum atomic E-state index is 13.9. The molecule has 1 amide bonds. The average molecular weight is 624 g/mol. The molecule has 0 unspecified atom stereocenters. The quantitative estimate of drug-likeness (QED) is 0.299. The molecule has 3 aliphatic heterocycles. The van der Waals surface area contributed by atoms with Crippen molar-refractivity contribution in [3.05, 3.63) is 11.6 Å². The lowest BCUT2D eigenvalue weighted by Crippen LogP contribution is -2.64. The van der Waals surface area contributed by atoms with Crippen molar-refractivity contribution in [1.82, 2.24) is 4.90 Å². The van der Waals surface area contributed by atoms with Gasteiger partial charge in [0.1, 0.15) is 6.10 Å². The molecule has 2 saturated heterocycles. The van der Waals surface area contributed by atoms with Crippen LogP contribution in [0.15, 0.2) is 11.6 Å². The highest BCUT2D eigenvalue weighted by molar-refractivity contribution is 6.38. The number of hydrogen-bond donors (Lipinski definition) is 3. The molecule has 44 heavy (non-hydrogen) atoms. The first-order chi connectivity index (χ1) is 20.8. The fraction of sp³-hybridized carbons (Fsp3) is 0.886. The number of piperidine rings is 1. The monoisotopic (exact) mass is 623 g/mol. The number of nitrogens with zero attached hydrogens (tertiary/aromatic N) is 1. The SMILES string of the molecule is CC[C@@H]1/C=C(\C)C[C@H](C)C[C@H](OC)[C@H]2O[C@@](O)(C(=O)C(=O)N3CCCC[C@H]3CC[C@H]([C@@H](C)[C@@H](C)O)C[C@H]1O)[C@H](C)C[C@@H]2OC. The van der Waals surface area contributed by atoms with Crippen LogP contribution < -0.4 is 0 Å². The Kier molecular flexibility index (Phi) is 13.9. The number of rotatable bonds is 5. The highest BCUT2D eigenvalue weighted by Crippen LogP contribution is 2.39. The summed E-state index contributed by atoms with van der Waals surface area (Å²) in [6, 6.07) is -0.162. The first-order valence-corrected chi connectivity index (χ1v) is 17.1. The van der Waals surface area contributed by atoms with Crippen LogP contribution in [0.3, 0.4) is 0 Å². The van der Waals surface area contributed by atoms with E-state index in [0.717, 1.165) is 32.1 Å². The van der Waals surface area contributed by atoms with Gasteiger partial charge in [0, 0.05) is 38.6 Å². The van der Waals surface area contributed by atoms with Crippen molar-refractivity contribution < 1.29 is 39.1 Å². The van der Waals surface area contributed by atoms with Gasteiger partial charge >= 0.3 is 0 Å². The average Bonchev–Trinajstić information content (AvgIpc) is 3.00. The molecule has 3 rings (SSSR count). The summed E-state index contributed by atoms with van der Waals surface area (Å²) in [6.07, 6.45) is 6.48. The lowest BCUT2D eigenvalue weighted by Gasteiger charge is -2.47. The number of carbonyl (C=O) groups is 2. The zero-order valence-corrected chi connectivity index (χ0v) is 28.5. The van der Waals surface area contributed by atoms with Gasteiger partial charge in [0.25, 0.3) is 11.7 Å². The first kappa shape index (κ1) is 37.1. The number of allylic oxidation sites excluding steroid dienone is 1. The third-order valence-corrected chi connectivity index (χ3v) is 11.0. The lowest BCUT2D eigenvalue weighted by molar-refractivity contribution is -0.302. The first-order valence-electron chi connectivity index (χ1n) is 17.1. The Morgan fingerprint density at radius 2 is 1.70 bits per heavy atom. The number of methoxy groups -OCH3 is 2. The Hall–Kier alpha value is -1.36. The standard InChI is InChI=1S/C35H61NO8/c1-9-26-17-21(2)16-22(3)18-30(42-7)32-31(43-8)19-23(4)35(41,44-32)33(39)34(40)36-15-11-10-12-28(36)14-13-27(20-29(26)38)24(5)25(6)37/h17,22-32,37-38,41H,9-16,18-20H2,1-8H3/b21-17+/t22-,23+,24-,25+,26+,27-,28-,29+,30-,31-,32+,35+/m0/s1. The number of ketones is 1. The van der Waals surface area contributed by atoms with E-state index in [1.54, 1.807) is 33.0 Å². The van der Waals surface area contributed by atoms with E-state index in [9.17, 15) is 24.9 Å². The van der Waals surface area contributed by atoms with E-state index in [4.69, 9.17) is 14.2 Å². The molecule has 9 heteroatoms. The Labute approximate surface area is 265 Å². The predicted molar refractivity (Wildman–Crippen MR) is 170 cm³/mol. The zero-order chi connectivity index (χ0) is 32.8. The van der Waals surface area contributed by atoms with E-state index in [2.05, 4.69) is 26.8 Å². The van der Waals surface area contributed by atoms with Crippen LogP contribution >= 0.6 is 0 Å². The van der Waals surface area contributed by atoms with Crippen molar-refractivity contribution in [3.63, 3.8) is 0 Å². The van der Waals surface area contributed by atoms with Crippen molar-refractivity contribution in [2.24, 2.45) is 29.6 Å². The van der Waals surface area contributed by atoms with Gasteiger partial charge in [-0.1, -0.05) is 39.3 Å². The maximum Gasteiger partial charge on any atom is 0.296 e. The Bertz CT molecular complexity index is 970. The van der Waals surface area contributed by atoms with Crippen LogP contribution in [-0.4, -0.2) is 95.0 Å². The van der Waals surface area contributed by atoms with Crippen LogP contribution in [0.2, 0.25) is 0 Å². The number of Topliss-reactive ketones (excluding diaryl/α,β-unsaturated/α-hetero) is 1. The molecule has 3 heterocycles. The van der Waals surface area contributed by atoms with E-state index in [0.29, 0.717) is 38.6 Å². The fourth-order valence-corrected chi connectivity index (χ4v) is 7.93. The molecule has 0 radical (unpaired) electrons. The number of hydrogen-bond acceptors (Lipinski definition) is 8. The van der Waals surface area contributed by atoms with Gasteiger partial charge in [-0.25, -0.2) is 0 Å². The molecule has 3 aliphatic rings. The lowest BCUT2D eigenvalue weighted by atomic mass is 9.78. The molecule has 0 aromatic rings. The zero-order valence-electron chi connectivity index (χ0n) is 28.5. The molecule has 12 atom stereocenters. The van der Waals surface area contributed by atoms with Crippen LogP contribution in [0.25, 0.3) is 0 Å². The molecule has 0 saturated carbocycles. The van der Waals surface area contributed by atoms with Gasteiger partial charge in [-0.2, -0.15) is 0 Å². The van der Waals surface area contributed by atoms with Gasteiger partial charge in [-0.05, 0) is 95.8 Å². The molecule has 2 bridgehead atoms. The summed E-state index contributed by atoms with van der Waals surface area (Å²) >= 11 is 0. The molecule has 0 aromatic heterocycles. The van der Waals surface area contributed by atoms with Crippen molar-refractivity contribution in [3.8, 4) is 0 Å². The number of aliphatic hydroxyl groups excluding tert-OH is 2. The topological polar surface area (TPSA) is 126 Å². The van der Waals surface area contributed by atoms with Gasteiger partial charge in [-0.3, -0.25) is 9.59 Å². The molecule has 0 aliphatic carbocycles. The highest BCUT2D eigenvalue weighted by atomic mass is 16.7. The minimum Gasteiger partial charge on any atom is -0.393 e. The van der Waals surface area contributed by atoms with Crippen molar-refractivity contribution in [1.29, 1.82) is 0 Å². The molecule has 2 fully saturated rings. The van der Waals surface area contributed by atoms with Crippen molar-refractivity contribution in [2.75, 3.05) is 20.8 Å². The summed E-state index contributed by atoms with van der Waals surface area (Å²) in [5, 5.41) is 33.8. The number of fused-ring (bicyclic) bond motifs is 3. The molecule has 9 nitrogen and oxygen atoms in total. The summed E-state index contributed by atoms with van der Waals surface area (Å²) in [5.74, 6) is -4.38. The van der Waals surface area contributed by atoms with E-state index >= 15 is 0 Å². The number of aliphatic hydroxyl groups is 3. The summed E-state index contributed by atoms with van der Waals surface area (Å²) in [5.41, 5.74) is 1.19. The third kappa shape index (κ3) is 8.71. The second-order valence-electron chi connectivity index (χ2n) is 14.3. The van der Waals surface area contributed by atoms with Crippen LogP contribution in [0.4, 0.5) is 0 Å². The minimum absolute atomic E-state index is 0.00683. The summed E-state index contributed by atoms with van der Waals surface area (Å²) in [7, 11) is 3.19. The van der Waals surface area contributed by atoms with Crippen LogP contribution in [0, 0.1) is 29.6 Å². The Balaban J connectivity index is 2.03. The predicted octanol–water partition coefficient (Wildman–Crippen LogP) is 4.65. The smallest absolute Gasteiger partial charge is 0.296 e. The Morgan fingerprint density at radius 1 is 1.05 bits per heavy atom. The van der Waals surface area contributed by atoms with Crippen LogP contribution in [0.1, 0.15) is 106 Å². The second kappa shape index (κ2) is 16.5. The second-order valence-corrected chi connectivity index (χ2v) is 14.3.